The Morgan fingerprint density at radius 3 is 2.47 bits per heavy atom. The summed E-state index contributed by atoms with van der Waals surface area (Å²) in [6, 6.07) is 9.93. The average molecular weight is 265 g/mol. The van der Waals surface area contributed by atoms with Crippen LogP contribution in [0.4, 0.5) is 4.39 Å². The van der Waals surface area contributed by atoms with E-state index in [9.17, 15) is 4.39 Å². The third-order valence-electron chi connectivity index (χ3n) is 3.69. The summed E-state index contributed by atoms with van der Waals surface area (Å²) in [4.78, 5) is 0. The second kappa shape index (κ2) is 5.22. The minimum Gasteiger partial charge on any atom is -0.370 e. The molecule has 2 atom stereocenters. The Morgan fingerprint density at radius 1 is 1.21 bits per heavy atom. The smallest absolute Gasteiger partial charge is 0.144 e. The number of nitrogens with one attached hydrogen (secondary N) is 1. The van der Waals surface area contributed by atoms with E-state index < -0.39 is 11.7 Å². The van der Waals surface area contributed by atoms with E-state index in [4.69, 9.17) is 4.74 Å². The van der Waals surface area contributed by atoms with E-state index in [0.717, 1.165) is 5.56 Å². The first-order chi connectivity index (χ1) is 8.80. The van der Waals surface area contributed by atoms with Crippen molar-refractivity contribution in [3.63, 3.8) is 0 Å². The summed E-state index contributed by atoms with van der Waals surface area (Å²) >= 11 is 0. The van der Waals surface area contributed by atoms with Crippen molar-refractivity contribution in [2.45, 2.75) is 64.1 Å². The summed E-state index contributed by atoms with van der Waals surface area (Å²) in [5, 5.41) is 3.35. The third kappa shape index (κ3) is 3.54. The van der Waals surface area contributed by atoms with Crippen molar-refractivity contribution in [1.82, 2.24) is 5.32 Å². The van der Waals surface area contributed by atoms with E-state index >= 15 is 0 Å². The van der Waals surface area contributed by atoms with Crippen LogP contribution in [0.25, 0.3) is 0 Å². The molecule has 0 unspecified atom stereocenters. The van der Waals surface area contributed by atoms with Crippen LogP contribution in [0.3, 0.4) is 0 Å². The standard InChI is InChI=1S/C16H24FNO/c1-15(2)10-13(14(17)16(3,4)18-15)19-11-12-8-6-5-7-9-12/h5-9,13-14,18H,10-11H2,1-4H3/t13-,14-/m0/s1. The molecule has 0 amide bonds. The lowest BCUT2D eigenvalue weighted by molar-refractivity contribution is -0.0873. The fourth-order valence-electron chi connectivity index (χ4n) is 2.98. The number of ether oxygens (including phenoxy) is 1. The van der Waals surface area contributed by atoms with Gasteiger partial charge in [0.2, 0.25) is 0 Å². The zero-order valence-electron chi connectivity index (χ0n) is 12.2. The second-order valence-corrected chi connectivity index (χ2v) is 6.67. The van der Waals surface area contributed by atoms with Crippen LogP contribution in [-0.4, -0.2) is 23.4 Å². The molecule has 0 bridgehead atoms. The van der Waals surface area contributed by atoms with E-state index in [1.54, 1.807) is 0 Å². The Morgan fingerprint density at radius 2 is 1.84 bits per heavy atom. The van der Waals surface area contributed by atoms with Gasteiger partial charge < -0.3 is 10.1 Å². The van der Waals surface area contributed by atoms with Crippen LogP contribution in [0.2, 0.25) is 0 Å². The molecule has 0 radical (unpaired) electrons. The molecule has 1 N–H and O–H groups in total. The van der Waals surface area contributed by atoms with Crippen LogP contribution >= 0.6 is 0 Å². The lowest BCUT2D eigenvalue weighted by Crippen LogP contribution is -2.66. The highest BCUT2D eigenvalue weighted by atomic mass is 19.1. The van der Waals surface area contributed by atoms with Gasteiger partial charge in [0.15, 0.2) is 0 Å². The Balaban J connectivity index is 2.02. The molecule has 0 saturated carbocycles. The lowest BCUT2D eigenvalue weighted by atomic mass is 9.79. The van der Waals surface area contributed by atoms with Crippen LogP contribution in [0.1, 0.15) is 39.7 Å². The number of rotatable bonds is 3. The molecule has 1 heterocycles. The molecule has 1 saturated heterocycles. The van der Waals surface area contributed by atoms with Gasteiger partial charge in [-0.3, -0.25) is 0 Å². The molecule has 19 heavy (non-hydrogen) atoms. The Labute approximate surface area is 115 Å². The van der Waals surface area contributed by atoms with Gasteiger partial charge in [-0.25, -0.2) is 4.39 Å². The quantitative estimate of drug-likeness (QED) is 0.903. The highest BCUT2D eigenvalue weighted by Gasteiger charge is 2.46. The van der Waals surface area contributed by atoms with Gasteiger partial charge in [-0.05, 0) is 39.7 Å². The maximum absolute atomic E-state index is 14.5. The topological polar surface area (TPSA) is 21.3 Å². The van der Waals surface area contributed by atoms with Crippen molar-refractivity contribution in [2.75, 3.05) is 0 Å². The highest BCUT2D eigenvalue weighted by molar-refractivity contribution is 5.13. The summed E-state index contributed by atoms with van der Waals surface area (Å²) < 4.78 is 20.3. The number of benzene rings is 1. The highest BCUT2D eigenvalue weighted by Crippen LogP contribution is 2.33. The van der Waals surface area contributed by atoms with E-state index in [2.05, 4.69) is 19.2 Å². The number of hydrogen-bond acceptors (Lipinski definition) is 2. The molecule has 1 fully saturated rings. The molecular formula is C16H24FNO. The van der Waals surface area contributed by atoms with Crippen LogP contribution in [-0.2, 0) is 11.3 Å². The molecule has 0 aliphatic carbocycles. The molecule has 3 heteroatoms. The van der Waals surface area contributed by atoms with Crippen molar-refractivity contribution < 1.29 is 9.13 Å². The number of alkyl halides is 1. The fourth-order valence-corrected chi connectivity index (χ4v) is 2.98. The molecular weight excluding hydrogens is 241 g/mol. The van der Waals surface area contributed by atoms with Crippen molar-refractivity contribution >= 4 is 0 Å². The summed E-state index contributed by atoms with van der Waals surface area (Å²) in [5.74, 6) is 0. The first kappa shape index (κ1) is 14.5. The normalized spacial score (nSPS) is 29.1. The van der Waals surface area contributed by atoms with Crippen LogP contribution in [0, 0.1) is 0 Å². The summed E-state index contributed by atoms with van der Waals surface area (Å²) in [6.45, 7) is 8.46. The van der Waals surface area contributed by atoms with Gasteiger partial charge in [0.1, 0.15) is 6.17 Å². The minimum absolute atomic E-state index is 0.104. The van der Waals surface area contributed by atoms with Crippen LogP contribution in [0.15, 0.2) is 30.3 Å². The molecule has 2 nitrogen and oxygen atoms in total. The maximum Gasteiger partial charge on any atom is 0.144 e. The minimum atomic E-state index is -0.996. The SMILES string of the molecule is CC1(C)C[C@H](OCc2ccccc2)[C@H](F)C(C)(C)N1. The van der Waals surface area contributed by atoms with E-state index in [0.29, 0.717) is 13.0 Å². The molecule has 1 aliphatic heterocycles. The van der Waals surface area contributed by atoms with Gasteiger partial charge in [0, 0.05) is 11.1 Å². The third-order valence-corrected chi connectivity index (χ3v) is 3.69. The zero-order valence-corrected chi connectivity index (χ0v) is 12.2. The molecule has 2 rings (SSSR count). The van der Waals surface area contributed by atoms with Crippen molar-refractivity contribution in [1.29, 1.82) is 0 Å². The van der Waals surface area contributed by atoms with E-state index in [1.807, 2.05) is 44.2 Å². The van der Waals surface area contributed by atoms with E-state index in [-0.39, 0.29) is 11.6 Å². The monoisotopic (exact) mass is 265 g/mol. The first-order valence-corrected chi connectivity index (χ1v) is 6.89. The molecule has 0 aromatic heterocycles. The van der Waals surface area contributed by atoms with Gasteiger partial charge in [0.25, 0.3) is 0 Å². The van der Waals surface area contributed by atoms with Gasteiger partial charge in [-0.1, -0.05) is 30.3 Å². The number of piperidine rings is 1. The van der Waals surface area contributed by atoms with Gasteiger partial charge in [-0.15, -0.1) is 0 Å². The summed E-state index contributed by atoms with van der Waals surface area (Å²) in [7, 11) is 0. The number of hydrogen-bond donors (Lipinski definition) is 1. The van der Waals surface area contributed by atoms with E-state index in [1.165, 1.54) is 0 Å². The molecule has 1 aromatic carbocycles. The van der Waals surface area contributed by atoms with Gasteiger partial charge in [-0.2, -0.15) is 0 Å². The Hall–Kier alpha value is -0.930. The molecule has 0 spiro atoms. The van der Waals surface area contributed by atoms with Crippen LogP contribution in [0.5, 0.6) is 0 Å². The van der Waals surface area contributed by atoms with Crippen molar-refractivity contribution in [3.8, 4) is 0 Å². The maximum atomic E-state index is 14.5. The van der Waals surface area contributed by atoms with Gasteiger partial charge >= 0.3 is 0 Å². The Bertz CT molecular complexity index is 416. The Kier molecular flexibility index (Phi) is 3.98. The van der Waals surface area contributed by atoms with Crippen molar-refractivity contribution in [3.05, 3.63) is 35.9 Å². The largest absolute Gasteiger partial charge is 0.370 e. The zero-order chi connectivity index (χ0) is 14.1. The molecule has 106 valence electrons. The molecule has 1 aliphatic rings. The number of halogens is 1. The fraction of sp³-hybridized carbons (Fsp3) is 0.625. The summed E-state index contributed by atoms with van der Waals surface area (Å²) in [5.41, 5.74) is 0.431. The van der Waals surface area contributed by atoms with Crippen molar-refractivity contribution in [2.24, 2.45) is 0 Å². The predicted octanol–water partition coefficient (Wildman–Crippen LogP) is 3.46. The molecule has 1 aromatic rings. The predicted molar refractivity (Wildman–Crippen MR) is 75.8 cm³/mol. The van der Waals surface area contributed by atoms with Crippen LogP contribution < -0.4 is 5.32 Å². The lowest BCUT2D eigenvalue weighted by Gasteiger charge is -2.48. The second-order valence-electron chi connectivity index (χ2n) is 6.67. The first-order valence-electron chi connectivity index (χ1n) is 6.89. The average Bonchev–Trinajstić information content (AvgIpc) is 2.32. The van der Waals surface area contributed by atoms with Gasteiger partial charge in [0.05, 0.1) is 12.7 Å². The summed E-state index contributed by atoms with van der Waals surface area (Å²) in [6.07, 6.45) is -0.666.